The normalized spacial score (nSPS) is 21.0. The van der Waals surface area contributed by atoms with Gasteiger partial charge in [-0.1, -0.05) is 18.2 Å². The average Bonchev–Trinajstić information content (AvgIpc) is 3.09. The van der Waals surface area contributed by atoms with E-state index in [0.29, 0.717) is 12.1 Å². The molecule has 1 saturated heterocycles. The zero-order chi connectivity index (χ0) is 18.3. The molecule has 134 valence electrons. The Morgan fingerprint density at radius 1 is 1.08 bits per heavy atom. The van der Waals surface area contributed by atoms with Crippen molar-refractivity contribution in [2.75, 3.05) is 0 Å². The molecule has 1 fully saturated rings. The highest BCUT2D eigenvalue weighted by molar-refractivity contribution is 5.83. The number of rotatable bonds is 2. The molecule has 26 heavy (non-hydrogen) atoms. The molecule has 4 rings (SSSR count). The van der Waals surface area contributed by atoms with Crippen LogP contribution in [0.5, 0.6) is 0 Å². The zero-order valence-electron chi connectivity index (χ0n) is 13.7. The molecule has 3 heterocycles. The first-order valence-corrected chi connectivity index (χ1v) is 8.31. The lowest BCUT2D eigenvalue weighted by molar-refractivity contribution is -0.139. The second-order valence-electron chi connectivity index (χ2n) is 6.48. The second kappa shape index (κ2) is 6.16. The topological polar surface area (TPSA) is 57.8 Å². The molecule has 1 aromatic carbocycles. The lowest BCUT2D eigenvalue weighted by Gasteiger charge is -2.32. The van der Waals surface area contributed by atoms with Crippen LogP contribution >= 0.6 is 0 Å². The van der Waals surface area contributed by atoms with Crippen molar-refractivity contribution in [3.05, 3.63) is 65.5 Å². The van der Waals surface area contributed by atoms with E-state index in [0.717, 1.165) is 17.0 Å². The summed E-state index contributed by atoms with van der Waals surface area (Å²) in [5.74, 6) is -0.417. The number of fused-ring (bicyclic) bond motifs is 1. The van der Waals surface area contributed by atoms with Crippen LogP contribution in [0.15, 0.2) is 48.8 Å². The van der Waals surface area contributed by atoms with E-state index in [1.165, 1.54) is 12.1 Å². The van der Waals surface area contributed by atoms with Crippen LogP contribution in [0.1, 0.15) is 41.5 Å². The molecule has 3 aromatic rings. The number of carbonyl (C=O) groups is 1. The molecule has 0 bridgehead atoms. The number of aromatic amines is 1. The molecule has 7 heteroatoms. The maximum absolute atomic E-state index is 13.4. The summed E-state index contributed by atoms with van der Waals surface area (Å²) < 4.78 is 40.1. The summed E-state index contributed by atoms with van der Waals surface area (Å²) in [4.78, 5) is 19.5. The highest BCUT2D eigenvalue weighted by Gasteiger charge is 2.38. The van der Waals surface area contributed by atoms with Crippen LogP contribution in [0.3, 0.4) is 0 Å². The maximum atomic E-state index is 13.4. The lowest BCUT2D eigenvalue weighted by atomic mass is 9.82. The Labute approximate surface area is 147 Å². The number of carbonyl (C=O) groups excluding carboxylic acids is 1. The minimum absolute atomic E-state index is 0.109. The first-order valence-electron chi connectivity index (χ1n) is 8.31. The smallest absolute Gasteiger partial charge is 0.349 e. The zero-order valence-corrected chi connectivity index (χ0v) is 13.7. The second-order valence-corrected chi connectivity index (χ2v) is 6.48. The van der Waals surface area contributed by atoms with Crippen LogP contribution in [0, 0.1) is 0 Å². The molecule has 1 aliphatic rings. The molecule has 2 N–H and O–H groups in total. The van der Waals surface area contributed by atoms with E-state index in [2.05, 4.69) is 15.3 Å². The fraction of sp³-hybridized carbons (Fsp3) is 0.263. The van der Waals surface area contributed by atoms with E-state index in [9.17, 15) is 18.0 Å². The minimum atomic E-state index is -4.46. The van der Waals surface area contributed by atoms with Gasteiger partial charge in [-0.3, -0.25) is 4.79 Å². The van der Waals surface area contributed by atoms with Gasteiger partial charge in [-0.2, -0.15) is 13.2 Å². The highest BCUT2D eigenvalue weighted by atomic mass is 19.4. The van der Waals surface area contributed by atoms with E-state index >= 15 is 0 Å². The number of halogens is 3. The van der Waals surface area contributed by atoms with E-state index in [1.807, 2.05) is 12.1 Å². The number of aromatic nitrogens is 2. The number of amides is 1. The van der Waals surface area contributed by atoms with Gasteiger partial charge in [0, 0.05) is 24.2 Å². The Bertz CT molecular complexity index is 964. The van der Waals surface area contributed by atoms with Crippen molar-refractivity contribution < 1.29 is 18.0 Å². The van der Waals surface area contributed by atoms with Crippen LogP contribution in [0.4, 0.5) is 13.2 Å². The molecule has 1 aliphatic heterocycles. The Morgan fingerprint density at radius 3 is 2.69 bits per heavy atom. The molecule has 4 nitrogen and oxygen atoms in total. The van der Waals surface area contributed by atoms with Crippen molar-refractivity contribution >= 4 is 16.9 Å². The van der Waals surface area contributed by atoms with Crippen LogP contribution in [0.25, 0.3) is 11.0 Å². The minimum Gasteiger partial charge on any atom is -0.349 e. The number of hydrogen-bond acceptors (Lipinski definition) is 2. The van der Waals surface area contributed by atoms with Gasteiger partial charge in [0.2, 0.25) is 5.91 Å². The molecule has 2 aromatic heterocycles. The van der Waals surface area contributed by atoms with Crippen molar-refractivity contribution in [2.24, 2.45) is 0 Å². The van der Waals surface area contributed by atoms with Crippen LogP contribution < -0.4 is 5.32 Å². The van der Waals surface area contributed by atoms with E-state index in [-0.39, 0.29) is 23.8 Å². The van der Waals surface area contributed by atoms with Crippen molar-refractivity contribution in [3.8, 4) is 0 Å². The number of alkyl halides is 3. The number of benzene rings is 1. The van der Waals surface area contributed by atoms with Gasteiger partial charge in [-0.15, -0.1) is 0 Å². The van der Waals surface area contributed by atoms with E-state index in [4.69, 9.17) is 0 Å². The standard InChI is InChI=1S/C19H16F3N3O/c20-19(21,22)15-4-2-1-3-14(15)16-9-11(10-17(26)25-16)12-5-7-23-18-13(12)6-8-24-18/h1-8,11,16H,9-10H2,(H,23,24)(H,25,26). The molecule has 0 aliphatic carbocycles. The lowest BCUT2D eigenvalue weighted by Crippen LogP contribution is -2.37. The third-order valence-corrected chi connectivity index (χ3v) is 4.86. The molecule has 0 saturated carbocycles. The number of piperidine rings is 1. The van der Waals surface area contributed by atoms with Crippen LogP contribution in [0.2, 0.25) is 0 Å². The fourth-order valence-electron chi connectivity index (χ4n) is 3.74. The van der Waals surface area contributed by atoms with Gasteiger partial charge in [0.05, 0.1) is 11.6 Å². The predicted octanol–water partition coefficient (Wildman–Crippen LogP) is 4.32. The summed E-state index contributed by atoms with van der Waals surface area (Å²) in [6, 6.07) is 8.46. The van der Waals surface area contributed by atoms with Crippen molar-refractivity contribution in [1.29, 1.82) is 0 Å². The first-order chi connectivity index (χ1) is 12.4. The summed E-state index contributed by atoms with van der Waals surface area (Å²) in [5, 5.41) is 3.62. The van der Waals surface area contributed by atoms with Gasteiger partial charge < -0.3 is 10.3 Å². The molecule has 0 radical (unpaired) electrons. The van der Waals surface area contributed by atoms with Gasteiger partial charge >= 0.3 is 6.18 Å². The van der Waals surface area contributed by atoms with Gasteiger partial charge in [-0.05, 0) is 41.7 Å². The number of nitrogens with one attached hydrogen (secondary N) is 2. The first kappa shape index (κ1) is 16.6. The fourth-order valence-corrected chi connectivity index (χ4v) is 3.74. The third kappa shape index (κ3) is 2.94. The highest BCUT2D eigenvalue weighted by Crippen LogP contribution is 2.41. The van der Waals surface area contributed by atoms with E-state index < -0.39 is 17.8 Å². The quantitative estimate of drug-likeness (QED) is 0.716. The molecule has 0 spiro atoms. The van der Waals surface area contributed by atoms with Crippen molar-refractivity contribution in [3.63, 3.8) is 0 Å². The van der Waals surface area contributed by atoms with Gasteiger partial charge in [0.25, 0.3) is 0 Å². The monoisotopic (exact) mass is 359 g/mol. The van der Waals surface area contributed by atoms with Crippen LogP contribution in [-0.2, 0) is 11.0 Å². The number of nitrogens with zero attached hydrogens (tertiary/aromatic N) is 1. The molecule has 2 atom stereocenters. The summed E-state index contributed by atoms with van der Waals surface area (Å²) in [7, 11) is 0. The Hall–Kier alpha value is -2.83. The number of pyridine rings is 1. The molecular weight excluding hydrogens is 343 g/mol. The van der Waals surface area contributed by atoms with Gasteiger partial charge in [0.15, 0.2) is 0 Å². The van der Waals surface area contributed by atoms with Crippen molar-refractivity contribution in [1.82, 2.24) is 15.3 Å². The molecular formula is C19H16F3N3O. The molecule has 1 amide bonds. The molecule has 2 unspecified atom stereocenters. The summed E-state index contributed by atoms with van der Waals surface area (Å²) in [5.41, 5.74) is 1.05. The van der Waals surface area contributed by atoms with Crippen LogP contribution in [-0.4, -0.2) is 15.9 Å². The maximum Gasteiger partial charge on any atom is 0.416 e. The van der Waals surface area contributed by atoms with Gasteiger partial charge in [-0.25, -0.2) is 4.98 Å². The summed E-state index contributed by atoms with van der Waals surface area (Å²) in [6.45, 7) is 0. The predicted molar refractivity (Wildman–Crippen MR) is 90.4 cm³/mol. The van der Waals surface area contributed by atoms with E-state index in [1.54, 1.807) is 18.5 Å². The summed E-state index contributed by atoms with van der Waals surface area (Å²) in [6.07, 6.45) is -0.392. The Morgan fingerprint density at radius 2 is 1.88 bits per heavy atom. The number of hydrogen-bond donors (Lipinski definition) is 2. The Kier molecular flexibility index (Phi) is 3.94. The SMILES string of the molecule is O=C1CC(c2ccnc3[nH]ccc23)CC(c2ccccc2C(F)(F)F)N1. The summed E-state index contributed by atoms with van der Waals surface area (Å²) >= 11 is 0. The van der Waals surface area contributed by atoms with Crippen molar-refractivity contribution in [2.45, 2.75) is 31.0 Å². The third-order valence-electron chi connectivity index (χ3n) is 4.86. The number of H-pyrrole nitrogens is 1. The van der Waals surface area contributed by atoms with Gasteiger partial charge in [0.1, 0.15) is 5.65 Å². The average molecular weight is 359 g/mol. The largest absolute Gasteiger partial charge is 0.416 e. The Balaban J connectivity index is 1.73.